The number of hydrogen-bond acceptors (Lipinski definition) is 2. The highest BCUT2D eigenvalue weighted by Crippen LogP contribution is 2.34. The van der Waals surface area contributed by atoms with Gasteiger partial charge in [-0.25, -0.2) is 4.39 Å². The molecular weight excluding hydrogens is 356 g/mol. The van der Waals surface area contributed by atoms with Crippen LogP contribution in [0, 0.1) is 5.82 Å². The van der Waals surface area contributed by atoms with Crippen molar-refractivity contribution in [3.63, 3.8) is 0 Å². The first-order valence-corrected chi connectivity index (χ1v) is 7.28. The van der Waals surface area contributed by atoms with Crippen molar-refractivity contribution in [2.24, 2.45) is 5.73 Å². The third-order valence-corrected chi connectivity index (χ3v) is 3.93. The van der Waals surface area contributed by atoms with Crippen molar-refractivity contribution < 1.29 is 9.13 Å². The molecule has 0 saturated heterocycles. The fraction of sp³-hybridized carbons (Fsp3) is 0.0714. The Balaban J connectivity index is 2.25. The molecule has 0 spiro atoms. The number of ether oxygens (including phenoxy) is 1. The van der Waals surface area contributed by atoms with Gasteiger partial charge in [-0.05, 0) is 23.8 Å². The molecule has 0 unspecified atom stereocenters. The molecule has 0 aliphatic heterocycles. The Morgan fingerprint density at radius 3 is 2.43 bits per heavy atom. The average Bonchev–Trinajstić information content (AvgIpc) is 2.42. The van der Waals surface area contributed by atoms with E-state index in [2.05, 4.69) is 0 Å². The maximum absolute atomic E-state index is 13.2. The summed E-state index contributed by atoms with van der Waals surface area (Å²) in [5.74, 6) is -0.0570. The molecule has 0 saturated carbocycles. The van der Waals surface area contributed by atoms with Gasteiger partial charge in [0.15, 0.2) is 0 Å². The molecule has 2 aromatic carbocycles. The van der Waals surface area contributed by atoms with Crippen LogP contribution in [0.2, 0.25) is 15.1 Å². The number of thiocarbonyl (C=S) groups is 1. The lowest BCUT2D eigenvalue weighted by Crippen LogP contribution is -2.14. The van der Waals surface area contributed by atoms with Crippen molar-refractivity contribution in [1.29, 1.82) is 0 Å². The second-order valence-corrected chi connectivity index (χ2v) is 5.81. The van der Waals surface area contributed by atoms with Gasteiger partial charge in [-0.15, -0.1) is 0 Å². The Hall–Kier alpha value is -1.07. The maximum atomic E-state index is 13.2. The largest absolute Gasteiger partial charge is 0.487 e. The van der Waals surface area contributed by atoms with E-state index in [1.165, 1.54) is 24.3 Å². The third-order valence-electron chi connectivity index (χ3n) is 2.70. The average molecular weight is 365 g/mol. The van der Waals surface area contributed by atoms with Crippen LogP contribution in [-0.2, 0) is 6.61 Å². The van der Waals surface area contributed by atoms with Gasteiger partial charge in [0.25, 0.3) is 0 Å². The van der Waals surface area contributed by atoms with Gasteiger partial charge in [-0.3, -0.25) is 0 Å². The van der Waals surface area contributed by atoms with Crippen LogP contribution in [0.3, 0.4) is 0 Å². The molecule has 0 atom stereocenters. The predicted octanol–water partition coefficient (Wildman–Crippen LogP) is 5.00. The Morgan fingerprint density at radius 1 is 1.10 bits per heavy atom. The molecule has 0 aliphatic rings. The van der Waals surface area contributed by atoms with Crippen LogP contribution in [0.4, 0.5) is 4.39 Å². The first-order valence-electron chi connectivity index (χ1n) is 5.74. The summed E-state index contributed by atoms with van der Waals surface area (Å²) < 4.78 is 18.8. The second-order valence-electron chi connectivity index (χ2n) is 4.15. The molecule has 0 aromatic heterocycles. The van der Waals surface area contributed by atoms with E-state index in [1.54, 1.807) is 6.07 Å². The van der Waals surface area contributed by atoms with Crippen LogP contribution in [0.15, 0.2) is 30.3 Å². The van der Waals surface area contributed by atoms with Gasteiger partial charge in [0.1, 0.15) is 23.2 Å². The molecule has 0 radical (unpaired) electrons. The van der Waals surface area contributed by atoms with Crippen molar-refractivity contribution in [1.82, 2.24) is 0 Å². The normalized spacial score (nSPS) is 10.5. The molecule has 0 aliphatic carbocycles. The van der Waals surface area contributed by atoms with E-state index < -0.39 is 5.82 Å². The zero-order valence-electron chi connectivity index (χ0n) is 10.5. The third kappa shape index (κ3) is 3.98. The van der Waals surface area contributed by atoms with Gasteiger partial charge in [0.2, 0.25) is 0 Å². The molecule has 21 heavy (non-hydrogen) atoms. The van der Waals surface area contributed by atoms with Crippen molar-refractivity contribution in [3.05, 3.63) is 62.3 Å². The number of rotatable bonds is 4. The topological polar surface area (TPSA) is 35.2 Å². The summed E-state index contributed by atoms with van der Waals surface area (Å²) in [6.07, 6.45) is 0. The number of benzene rings is 2. The van der Waals surface area contributed by atoms with Crippen molar-refractivity contribution in [3.8, 4) is 5.75 Å². The minimum atomic E-state index is -0.422. The van der Waals surface area contributed by atoms with Gasteiger partial charge in [0, 0.05) is 11.6 Å². The molecule has 2 N–H and O–H groups in total. The summed E-state index contributed by atoms with van der Waals surface area (Å²) in [4.78, 5) is 0.0911. The fourth-order valence-corrected chi connectivity index (χ4v) is 2.46. The molecule has 7 heteroatoms. The summed E-state index contributed by atoms with van der Waals surface area (Å²) in [5.41, 5.74) is 6.63. The lowest BCUT2D eigenvalue weighted by molar-refractivity contribution is 0.306. The van der Waals surface area contributed by atoms with E-state index in [4.69, 9.17) is 57.5 Å². The lowest BCUT2D eigenvalue weighted by atomic mass is 10.1. The lowest BCUT2D eigenvalue weighted by Gasteiger charge is -2.12. The quantitative estimate of drug-likeness (QED) is 0.612. The van der Waals surface area contributed by atoms with Crippen molar-refractivity contribution >= 4 is 52.0 Å². The Morgan fingerprint density at radius 2 is 1.76 bits per heavy atom. The SMILES string of the molecule is NC(=S)c1cc(F)ccc1COc1cc(Cl)c(Cl)cc1Cl. The molecule has 0 fully saturated rings. The van der Waals surface area contributed by atoms with Crippen LogP contribution in [0.5, 0.6) is 5.75 Å². The van der Waals surface area contributed by atoms with E-state index >= 15 is 0 Å². The molecule has 0 bridgehead atoms. The molecule has 2 rings (SSSR count). The fourth-order valence-electron chi connectivity index (χ4n) is 1.67. The smallest absolute Gasteiger partial charge is 0.139 e. The molecule has 0 heterocycles. The highest BCUT2D eigenvalue weighted by atomic mass is 35.5. The highest BCUT2D eigenvalue weighted by Gasteiger charge is 2.11. The van der Waals surface area contributed by atoms with Crippen LogP contribution in [-0.4, -0.2) is 4.99 Å². The molecule has 110 valence electrons. The maximum Gasteiger partial charge on any atom is 0.139 e. The zero-order chi connectivity index (χ0) is 15.6. The highest BCUT2D eigenvalue weighted by molar-refractivity contribution is 7.80. The van der Waals surface area contributed by atoms with Crippen molar-refractivity contribution in [2.75, 3.05) is 0 Å². The first kappa shape index (κ1) is 16.3. The number of halogens is 4. The van der Waals surface area contributed by atoms with Gasteiger partial charge in [0.05, 0.1) is 15.1 Å². The monoisotopic (exact) mass is 363 g/mol. The Bertz CT molecular complexity index is 709. The zero-order valence-corrected chi connectivity index (χ0v) is 13.6. The van der Waals surface area contributed by atoms with Gasteiger partial charge in [-0.2, -0.15) is 0 Å². The summed E-state index contributed by atoms with van der Waals surface area (Å²) in [5, 5.41) is 0.979. The molecule has 2 aromatic rings. The van der Waals surface area contributed by atoms with Gasteiger partial charge < -0.3 is 10.5 Å². The van der Waals surface area contributed by atoms with E-state index in [1.807, 2.05) is 0 Å². The minimum absolute atomic E-state index is 0.0911. The molecule has 2 nitrogen and oxygen atoms in total. The van der Waals surface area contributed by atoms with Crippen LogP contribution >= 0.6 is 47.0 Å². The van der Waals surface area contributed by atoms with Crippen molar-refractivity contribution in [2.45, 2.75) is 6.61 Å². The summed E-state index contributed by atoms with van der Waals surface area (Å²) in [7, 11) is 0. The standard InChI is InChI=1S/C14H9Cl3FNOS/c15-10-4-12(17)13(5-11(10)16)20-6-7-1-2-8(18)3-9(7)14(19)21/h1-5H,6H2,(H2,19,21). The van der Waals surface area contributed by atoms with Crippen LogP contribution in [0.25, 0.3) is 0 Å². The second kappa shape index (κ2) is 6.79. The summed E-state index contributed by atoms with van der Waals surface area (Å²) in [6.45, 7) is 0.116. The Kier molecular flexibility index (Phi) is 5.27. The summed E-state index contributed by atoms with van der Waals surface area (Å²) >= 11 is 22.7. The van der Waals surface area contributed by atoms with E-state index in [9.17, 15) is 4.39 Å². The van der Waals surface area contributed by atoms with Gasteiger partial charge in [-0.1, -0.05) is 53.1 Å². The molecule has 0 amide bonds. The first-order chi connectivity index (χ1) is 9.88. The predicted molar refractivity (Wildman–Crippen MR) is 88.1 cm³/mol. The molecular formula is C14H9Cl3FNOS. The van der Waals surface area contributed by atoms with Crippen LogP contribution in [0.1, 0.15) is 11.1 Å². The summed E-state index contributed by atoms with van der Waals surface area (Å²) in [6, 6.07) is 7.11. The van der Waals surface area contributed by atoms with Gasteiger partial charge >= 0.3 is 0 Å². The van der Waals surface area contributed by atoms with E-state index in [-0.39, 0.29) is 11.6 Å². The number of nitrogens with two attached hydrogens (primary N) is 1. The Labute approximate surface area is 141 Å². The van der Waals surface area contributed by atoms with Crippen LogP contribution < -0.4 is 10.5 Å². The van der Waals surface area contributed by atoms with E-state index in [0.29, 0.717) is 31.9 Å². The minimum Gasteiger partial charge on any atom is -0.487 e. The number of hydrogen-bond donors (Lipinski definition) is 1. The van der Waals surface area contributed by atoms with E-state index in [0.717, 1.165) is 0 Å².